The summed E-state index contributed by atoms with van der Waals surface area (Å²) in [5.74, 6) is 1.30. The largest absolute Gasteiger partial charge is 0.357 e. The molecule has 2 aliphatic rings. The van der Waals surface area contributed by atoms with E-state index in [0.29, 0.717) is 33.8 Å². The first-order valence-corrected chi connectivity index (χ1v) is 14.3. The van der Waals surface area contributed by atoms with Gasteiger partial charge >= 0.3 is 0 Å². The molecule has 194 valence electrons. The Labute approximate surface area is 229 Å². The van der Waals surface area contributed by atoms with E-state index in [2.05, 4.69) is 35.2 Å². The summed E-state index contributed by atoms with van der Waals surface area (Å²) in [6.45, 7) is 8.62. The van der Waals surface area contributed by atoms with Crippen LogP contribution in [0.2, 0.25) is 0 Å². The summed E-state index contributed by atoms with van der Waals surface area (Å²) >= 11 is 6.78. The fourth-order valence-corrected chi connectivity index (χ4v) is 6.55. The second-order valence-corrected chi connectivity index (χ2v) is 11.4. The molecule has 0 N–H and O–H groups in total. The van der Waals surface area contributed by atoms with E-state index in [-0.39, 0.29) is 17.0 Å². The summed E-state index contributed by atoms with van der Waals surface area (Å²) in [5.41, 5.74) is 2.66. The zero-order valence-electron chi connectivity index (χ0n) is 21.8. The molecule has 1 amide bonds. The number of thiocarbonyl (C=S) groups is 1. The predicted octanol–water partition coefficient (Wildman–Crippen LogP) is 5.51. The van der Waals surface area contributed by atoms with Crippen molar-refractivity contribution in [3.63, 3.8) is 0 Å². The van der Waals surface area contributed by atoms with Gasteiger partial charge in [0, 0.05) is 31.7 Å². The van der Waals surface area contributed by atoms with Gasteiger partial charge in [-0.05, 0) is 62.1 Å². The Morgan fingerprint density at radius 3 is 2.41 bits per heavy atom. The van der Waals surface area contributed by atoms with Crippen LogP contribution >= 0.6 is 24.0 Å². The molecule has 0 unspecified atom stereocenters. The lowest BCUT2D eigenvalue weighted by molar-refractivity contribution is -0.122. The van der Waals surface area contributed by atoms with E-state index in [1.807, 2.05) is 32.9 Å². The molecule has 2 saturated heterocycles. The van der Waals surface area contributed by atoms with Crippen LogP contribution in [0.1, 0.15) is 61.8 Å². The quantitative estimate of drug-likeness (QED) is 0.329. The predicted molar refractivity (Wildman–Crippen MR) is 156 cm³/mol. The first kappa shape index (κ1) is 27.2. The number of carbonyl (C=O) groups excluding carboxylic acids is 1. The normalized spacial score (nSPS) is 17.6. The van der Waals surface area contributed by atoms with E-state index < -0.39 is 0 Å². The number of aromatic nitrogens is 1. The van der Waals surface area contributed by atoms with Crippen LogP contribution in [-0.2, 0) is 17.8 Å². The maximum Gasteiger partial charge on any atom is 0.270 e. The van der Waals surface area contributed by atoms with Gasteiger partial charge in [0.2, 0.25) is 0 Å². The lowest BCUT2D eigenvalue weighted by Gasteiger charge is -2.36. The van der Waals surface area contributed by atoms with E-state index >= 15 is 0 Å². The van der Waals surface area contributed by atoms with Gasteiger partial charge < -0.3 is 4.90 Å². The Morgan fingerprint density at radius 2 is 1.78 bits per heavy atom. The number of rotatable bonds is 8. The van der Waals surface area contributed by atoms with Crippen molar-refractivity contribution in [2.24, 2.45) is 5.92 Å². The Bertz CT molecular complexity index is 1300. The average molecular weight is 535 g/mol. The molecule has 8 heteroatoms. The van der Waals surface area contributed by atoms with Gasteiger partial charge in [0.1, 0.15) is 21.8 Å². The van der Waals surface area contributed by atoms with Gasteiger partial charge in [0.05, 0.1) is 4.91 Å². The molecule has 0 bridgehead atoms. The minimum atomic E-state index is -0.251. The van der Waals surface area contributed by atoms with E-state index in [0.717, 1.165) is 56.6 Å². The summed E-state index contributed by atoms with van der Waals surface area (Å²) in [6.07, 6.45) is 6.54. The van der Waals surface area contributed by atoms with Gasteiger partial charge in [-0.25, -0.2) is 0 Å². The maximum atomic E-state index is 13.4. The number of anilines is 1. The van der Waals surface area contributed by atoms with Crippen molar-refractivity contribution in [2.45, 2.75) is 59.4 Å². The highest BCUT2D eigenvalue weighted by Crippen LogP contribution is 2.37. The van der Waals surface area contributed by atoms with Crippen LogP contribution in [0.3, 0.4) is 0 Å². The molecule has 6 nitrogen and oxygen atoms in total. The Kier molecular flexibility index (Phi) is 8.88. The highest BCUT2D eigenvalue weighted by atomic mass is 32.2. The minimum Gasteiger partial charge on any atom is -0.357 e. The summed E-state index contributed by atoms with van der Waals surface area (Å²) in [7, 11) is 0. The lowest BCUT2D eigenvalue weighted by Crippen LogP contribution is -2.40. The molecule has 0 saturated carbocycles. The zero-order valence-corrected chi connectivity index (χ0v) is 23.5. The number of nitrogens with zero attached hydrogens (tertiary/aromatic N) is 4. The molecule has 2 aromatic rings. The molecular formula is C29H34N4O2S2. The average Bonchev–Trinajstić information content (AvgIpc) is 3.16. The molecule has 1 aromatic carbocycles. The van der Waals surface area contributed by atoms with E-state index in [1.54, 1.807) is 9.47 Å². The first-order valence-electron chi connectivity index (χ1n) is 13.1. The van der Waals surface area contributed by atoms with Crippen molar-refractivity contribution in [1.29, 1.82) is 5.26 Å². The first-order chi connectivity index (χ1) is 17.9. The highest BCUT2D eigenvalue weighted by molar-refractivity contribution is 8.26. The molecule has 1 aromatic heterocycles. The number of thioether (sulfide) groups is 1. The molecule has 0 spiro atoms. The number of nitriles is 1. The molecular weight excluding hydrogens is 500 g/mol. The molecule has 4 rings (SSSR count). The van der Waals surface area contributed by atoms with Gasteiger partial charge in [-0.15, -0.1) is 0 Å². The van der Waals surface area contributed by atoms with E-state index in [1.165, 1.54) is 17.3 Å². The second kappa shape index (κ2) is 12.1. The van der Waals surface area contributed by atoms with Crippen LogP contribution < -0.4 is 10.5 Å². The summed E-state index contributed by atoms with van der Waals surface area (Å²) < 4.78 is 2.31. The lowest BCUT2D eigenvalue weighted by atomic mass is 9.90. The van der Waals surface area contributed by atoms with Gasteiger partial charge in [0.25, 0.3) is 11.5 Å². The van der Waals surface area contributed by atoms with Crippen molar-refractivity contribution in [2.75, 3.05) is 24.5 Å². The maximum absolute atomic E-state index is 13.4. The summed E-state index contributed by atoms with van der Waals surface area (Å²) in [6, 6.07) is 12.7. The van der Waals surface area contributed by atoms with Crippen molar-refractivity contribution < 1.29 is 4.79 Å². The van der Waals surface area contributed by atoms with Gasteiger partial charge in [-0.2, -0.15) is 5.26 Å². The third-order valence-corrected chi connectivity index (χ3v) is 8.55. The third kappa shape index (κ3) is 5.68. The van der Waals surface area contributed by atoms with Crippen molar-refractivity contribution in [1.82, 2.24) is 9.47 Å². The van der Waals surface area contributed by atoms with Crippen LogP contribution in [-0.4, -0.2) is 39.3 Å². The molecule has 37 heavy (non-hydrogen) atoms. The molecule has 0 aliphatic carbocycles. The fourth-order valence-electron chi connectivity index (χ4n) is 5.26. The molecule has 2 fully saturated rings. The van der Waals surface area contributed by atoms with Gasteiger partial charge in [-0.3, -0.25) is 19.1 Å². The van der Waals surface area contributed by atoms with Gasteiger partial charge in [0.15, 0.2) is 0 Å². The molecule has 2 aliphatic heterocycles. The van der Waals surface area contributed by atoms with Crippen LogP contribution in [0.5, 0.6) is 0 Å². The van der Waals surface area contributed by atoms with Crippen LogP contribution in [0.15, 0.2) is 40.0 Å². The number of hydrogen-bond acceptors (Lipinski definition) is 6. The zero-order chi connectivity index (χ0) is 26.5. The van der Waals surface area contributed by atoms with Crippen molar-refractivity contribution >= 4 is 46.1 Å². The fraction of sp³-hybridized carbons (Fsp3) is 0.448. The summed E-state index contributed by atoms with van der Waals surface area (Å²) in [5, 5.41) is 9.86. The molecule has 0 radical (unpaired) electrons. The summed E-state index contributed by atoms with van der Waals surface area (Å²) in [4.78, 5) is 31.0. The Balaban J connectivity index is 1.73. The number of piperidine rings is 1. The topological polar surface area (TPSA) is 69.3 Å². The van der Waals surface area contributed by atoms with Crippen molar-refractivity contribution in [3.8, 4) is 6.07 Å². The number of carbonyl (C=O) groups is 1. The number of pyridine rings is 1. The smallest absolute Gasteiger partial charge is 0.270 e. The van der Waals surface area contributed by atoms with Gasteiger partial charge in [-0.1, -0.05) is 68.2 Å². The third-order valence-electron chi connectivity index (χ3n) is 7.17. The monoisotopic (exact) mass is 534 g/mol. The molecule has 0 atom stereocenters. The van der Waals surface area contributed by atoms with Crippen LogP contribution in [0.25, 0.3) is 6.08 Å². The Hall–Kier alpha value is -2.89. The number of amides is 1. The number of benzene rings is 1. The van der Waals surface area contributed by atoms with E-state index in [9.17, 15) is 14.9 Å². The minimum absolute atomic E-state index is 0.101. The van der Waals surface area contributed by atoms with E-state index in [4.69, 9.17) is 12.2 Å². The second-order valence-electron chi connectivity index (χ2n) is 9.76. The molecule has 3 heterocycles. The SMILES string of the molecule is CCCN1C(=O)/C(=C/c2c(C)c(C#N)c(=O)n(CCC)c2N2CCC(Cc3ccccc3)CC2)SC1=S. The highest BCUT2D eigenvalue weighted by Gasteiger charge is 2.33. The van der Waals surface area contributed by atoms with Crippen LogP contribution in [0.4, 0.5) is 5.82 Å². The van der Waals surface area contributed by atoms with Crippen LogP contribution in [0, 0.1) is 24.2 Å². The number of hydrogen-bond donors (Lipinski definition) is 0. The standard InChI is InChI=1S/C29H34N4O2S2/c1-4-13-32-26(31-15-11-22(12-16-31)17-21-9-7-6-8-10-21)23(20(3)24(19-30)27(32)34)18-25-28(35)33(14-5-2)29(36)37-25/h6-10,18,22H,4-5,11-17H2,1-3H3/b25-18-. The van der Waals surface area contributed by atoms with Crippen molar-refractivity contribution in [3.05, 3.63) is 67.8 Å². The Morgan fingerprint density at radius 1 is 1.11 bits per heavy atom.